The van der Waals surface area contributed by atoms with E-state index in [1.54, 1.807) is 0 Å². The lowest BCUT2D eigenvalue weighted by molar-refractivity contribution is -0.144. The van der Waals surface area contributed by atoms with Gasteiger partial charge in [-0.05, 0) is 61.5 Å². The number of fused-ring (bicyclic) bond motifs is 1. The molecule has 1 spiro atoms. The van der Waals surface area contributed by atoms with Gasteiger partial charge in [0.1, 0.15) is 12.4 Å². The molecule has 3 rings (SSSR count). The summed E-state index contributed by atoms with van der Waals surface area (Å²) < 4.78 is 6.25. The van der Waals surface area contributed by atoms with Crippen molar-refractivity contribution in [1.29, 1.82) is 0 Å². The fourth-order valence-electron chi connectivity index (χ4n) is 5.84. The van der Waals surface area contributed by atoms with Crippen molar-refractivity contribution in [2.24, 2.45) is 16.7 Å². The van der Waals surface area contributed by atoms with Crippen LogP contribution in [0.15, 0.2) is 24.3 Å². The van der Waals surface area contributed by atoms with Gasteiger partial charge >= 0.3 is 5.97 Å². The normalized spacial score (nSPS) is 21.2. The minimum absolute atomic E-state index is 0.0185. The number of para-hydroxylation sites is 1. The fourth-order valence-corrected chi connectivity index (χ4v) is 5.84. The predicted molar refractivity (Wildman–Crippen MR) is 144 cm³/mol. The van der Waals surface area contributed by atoms with Crippen LogP contribution in [0.25, 0.3) is 0 Å². The van der Waals surface area contributed by atoms with Gasteiger partial charge in [0.25, 0.3) is 0 Å². The van der Waals surface area contributed by atoms with Gasteiger partial charge in [-0.25, -0.2) is 0 Å². The maximum Gasteiger partial charge on any atom is 0.303 e. The molecule has 2 N–H and O–H groups in total. The number of aliphatic carboxylic acids is 1. The molecule has 0 bridgehead atoms. The van der Waals surface area contributed by atoms with E-state index in [0.717, 1.165) is 44.3 Å². The van der Waals surface area contributed by atoms with E-state index in [9.17, 15) is 14.4 Å². The number of likely N-dealkylation sites (tertiary alicyclic amines) is 1. The van der Waals surface area contributed by atoms with E-state index in [1.165, 1.54) is 5.56 Å². The van der Waals surface area contributed by atoms with Crippen LogP contribution in [0.1, 0.15) is 91.0 Å². The molecule has 1 aromatic carbocycles. The van der Waals surface area contributed by atoms with Crippen LogP contribution < -0.4 is 10.1 Å². The van der Waals surface area contributed by atoms with Crippen molar-refractivity contribution in [1.82, 2.24) is 10.2 Å². The highest BCUT2D eigenvalue weighted by Crippen LogP contribution is 2.39. The fraction of sp³-hybridized carbons (Fsp3) is 0.700. The number of carbonyl (C=O) groups is 3. The number of carboxylic acids is 1. The largest absolute Gasteiger partial charge is 0.491 e. The van der Waals surface area contributed by atoms with Crippen LogP contribution in [0.2, 0.25) is 0 Å². The minimum atomic E-state index is -0.890. The SMILES string of the molecule is CC(C)C[C@H]1COc2ccccc2CCCCCC2(CCN(C(=O)CC(C)(C)CC(=O)O)CC2)C(=O)N1. The quantitative estimate of drug-likeness (QED) is 0.543. The summed E-state index contributed by atoms with van der Waals surface area (Å²) in [6.07, 6.45) is 7.14. The summed E-state index contributed by atoms with van der Waals surface area (Å²) in [6.45, 7) is 9.48. The highest BCUT2D eigenvalue weighted by atomic mass is 16.5. The highest BCUT2D eigenvalue weighted by molar-refractivity contribution is 5.84. The van der Waals surface area contributed by atoms with Crippen molar-refractivity contribution >= 4 is 17.8 Å². The van der Waals surface area contributed by atoms with Gasteiger partial charge in [0, 0.05) is 19.5 Å². The van der Waals surface area contributed by atoms with Crippen LogP contribution in [0.3, 0.4) is 0 Å². The van der Waals surface area contributed by atoms with Crippen LogP contribution in [-0.2, 0) is 20.8 Å². The van der Waals surface area contributed by atoms with Gasteiger partial charge in [-0.2, -0.15) is 0 Å². The molecule has 2 amide bonds. The van der Waals surface area contributed by atoms with E-state index in [4.69, 9.17) is 9.84 Å². The maximum absolute atomic E-state index is 13.8. The summed E-state index contributed by atoms with van der Waals surface area (Å²) in [6, 6.07) is 8.14. The molecule has 2 heterocycles. The van der Waals surface area contributed by atoms with Gasteiger partial charge in [-0.15, -0.1) is 0 Å². The first-order valence-electron chi connectivity index (χ1n) is 14.0. The Morgan fingerprint density at radius 1 is 1.11 bits per heavy atom. The van der Waals surface area contributed by atoms with Crippen LogP contribution in [0.4, 0.5) is 0 Å². The van der Waals surface area contributed by atoms with Crippen molar-refractivity contribution in [2.75, 3.05) is 19.7 Å². The zero-order valence-electron chi connectivity index (χ0n) is 23.2. The number of benzene rings is 1. The van der Waals surface area contributed by atoms with Crippen LogP contribution in [0, 0.1) is 16.7 Å². The Bertz CT molecular complexity index is 934. The molecule has 206 valence electrons. The number of amides is 2. The summed E-state index contributed by atoms with van der Waals surface area (Å²) in [5.74, 6) is 0.517. The second-order valence-electron chi connectivity index (χ2n) is 12.4. The molecule has 0 aliphatic carbocycles. The van der Waals surface area contributed by atoms with E-state index < -0.39 is 16.8 Å². The second kappa shape index (κ2) is 12.8. The number of ether oxygens (including phenoxy) is 1. The molecule has 1 aromatic rings. The molecule has 1 atom stereocenters. The Kier molecular flexibility index (Phi) is 10.0. The van der Waals surface area contributed by atoms with Gasteiger partial charge < -0.3 is 20.1 Å². The number of hydrogen-bond acceptors (Lipinski definition) is 4. The molecule has 0 unspecified atom stereocenters. The maximum atomic E-state index is 13.8. The topological polar surface area (TPSA) is 95.9 Å². The summed E-state index contributed by atoms with van der Waals surface area (Å²) >= 11 is 0. The summed E-state index contributed by atoms with van der Waals surface area (Å²) in [5.41, 5.74) is 0.149. The van der Waals surface area contributed by atoms with Crippen molar-refractivity contribution in [3.63, 3.8) is 0 Å². The summed E-state index contributed by atoms with van der Waals surface area (Å²) in [7, 11) is 0. The average Bonchev–Trinajstić information content (AvgIpc) is 2.82. The molecule has 7 nitrogen and oxygen atoms in total. The van der Waals surface area contributed by atoms with Crippen LogP contribution >= 0.6 is 0 Å². The third-order valence-electron chi connectivity index (χ3n) is 7.92. The first-order valence-corrected chi connectivity index (χ1v) is 14.0. The third kappa shape index (κ3) is 8.47. The van der Waals surface area contributed by atoms with Gasteiger partial charge in [-0.3, -0.25) is 14.4 Å². The number of rotatable bonds is 6. The molecular formula is C30H46N2O5. The number of hydrogen-bond donors (Lipinski definition) is 2. The highest BCUT2D eigenvalue weighted by Gasteiger charge is 2.43. The molecule has 0 radical (unpaired) electrons. The van der Waals surface area contributed by atoms with Crippen LogP contribution in [0.5, 0.6) is 5.75 Å². The molecule has 2 aliphatic rings. The second-order valence-corrected chi connectivity index (χ2v) is 12.4. The summed E-state index contributed by atoms with van der Waals surface area (Å²) in [4.78, 5) is 39.8. The van der Waals surface area contributed by atoms with Crippen molar-refractivity contribution < 1.29 is 24.2 Å². The minimum Gasteiger partial charge on any atom is -0.491 e. The van der Waals surface area contributed by atoms with Crippen molar-refractivity contribution in [3.05, 3.63) is 29.8 Å². The average molecular weight is 515 g/mol. The van der Waals surface area contributed by atoms with E-state index in [1.807, 2.05) is 30.9 Å². The molecule has 37 heavy (non-hydrogen) atoms. The smallest absolute Gasteiger partial charge is 0.303 e. The third-order valence-corrected chi connectivity index (χ3v) is 7.92. The van der Waals surface area contributed by atoms with Gasteiger partial charge in [0.2, 0.25) is 11.8 Å². The van der Waals surface area contributed by atoms with E-state index >= 15 is 0 Å². The number of carboxylic acid groups (broad SMARTS) is 1. The predicted octanol–water partition coefficient (Wildman–Crippen LogP) is 5.21. The lowest BCUT2D eigenvalue weighted by atomic mass is 9.73. The molecule has 1 saturated heterocycles. The van der Waals surface area contributed by atoms with Gasteiger partial charge in [0.05, 0.1) is 17.9 Å². The number of aryl methyl sites for hydroxylation is 1. The van der Waals surface area contributed by atoms with Crippen LogP contribution in [-0.4, -0.2) is 53.5 Å². The molecule has 0 saturated carbocycles. The first kappa shape index (κ1) is 29.0. The Morgan fingerprint density at radius 3 is 2.49 bits per heavy atom. The molecule has 0 aromatic heterocycles. The van der Waals surface area contributed by atoms with Crippen molar-refractivity contribution in [3.8, 4) is 5.75 Å². The Hall–Kier alpha value is -2.57. The van der Waals surface area contributed by atoms with Crippen molar-refractivity contribution in [2.45, 2.75) is 97.9 Å². The first-order chi connectivity index (χ1) is 17.5. The molecular weight excluding hydrogens is 468 g/mol. The molecule has 7 heteroatoms. The lowest BCUT2D eigenvalue weighted by Crippen LogP contribution is -2.53. The number of piperidine rings is 1. The molecule has 1 fully saturated rings. The number of carbonyl (C=O) groups excluding carboxylic acids is 2. The Morgan fingerprint density at radius 2 is 1.81 bits per heavy atom. The standard InChI is InChI=1S/C30H46N2O5/c1-22(2)18-24-21-37-25-12-8-7-11-23(25)10-6-5-9-13-30(28(36)31-24)14-16-32(17-15-30)26(33)19-29(3,4)20-27(34)35/h7-8,11-12,22,24H,5-6,9-10,13-21H2,1-4H3,(H,31,36)(H,34,35)/t24-/m0/s1. The zero-order chi connectivity index (χ0) is 27.1. The number of nitrogens with zero attached hydrogens (tertiary/aromatic N) is 1. The van der Waals surface area contributed by atoms with Gasteiger partial charge in [0.15, 0.2) is 0 Å². The van der Waals surface area contributed by atoms with E-state index in [2.05, 4.69) is 31.3 Å². The van der Waals surface area contributed by atoms with E-state index in [-0.39, 0.29) is 30.7 Å². The monoisotopic (exact) mass is 514 g/mol. The zero-order valence-corrected chi connectivity index (χ0v) is 23.2. The summed E-state index contributed by atoms with van der Waals surface area (Å²) in [5, 5.41) is 12.5. The van der Waals surface area contributed by atoms with Gasteiger partial charge in [-0.1, -0.05) is 58.7 Å². The lowest BCUT2D eigenvalue weighted by Gasteiger charge is -2.42. The molecule has 2 aliphatic heterocycles. The van der Waals surface area contributed by atoms with E-state index in [0.29, 0.717) is 38.5 Å². The number of nitrogens with one attached hydrogen (secondary N) is 1. The Labute approximate surface area is 222 Å². The Balaban J connectivity index is 1.71.